The molecule has 0 bridgehead atoms. The molecule has 0 unspecified atom stereocenters. The molecule has 3 aromatic heterocycles. The quantitative estimate of drug-likeness (QED) is 0.175. The van der Waals surface area contributed by atoms with Gasteiger partial charge in [0.15, 0.2) is 11.6 Å². The molecule has 0 saturated carbocycles. The van der Waals surface area contributed by atoms with Crippen LogP contribution in [0.4, 0.5) is 4.39 Å². The Morgan fingerprint density at radius 1 is 0.400 bits per heavy atom. The van der Waals surface area contributed by atoms with Crippen LogP contribution in [0.25, 0.3) is 100 Å². The maximum absolute atomic E-state index is 14.5. The highest BCUT2D eigenvalue weighted by Crippen LogP contribution is 2.50. The Bertz CT molecular complexity index is 3530. The van der Waals surface area contributed by atoms with Crippen molar-refractivity contribution in [1.82, 2.24) is 24.1 Å². The first-order valence-electron chi connectivity index (χ1n) is 20.3. The van der Waals surface area contributed by atoms with Crippen molar-refractivity contribution in [3.05, 3.63) is 199 Å². The number of rotatable bonds is 5. The summed E-state index contributed by atoms with van der Waals surface area (Å²) >= 11 is 0. The van der Waals surface area contributed by atoms with E-state index in [0.717, 1.165) is 72.0 Å². The van der Waals surface area contributed by atoms with Gasteiger partial charge in [-0.25, -0.2) is 9.37 Å². The average Bonchev–Trinajstić information content (AvgIpc) is 3.89. The topological polar surface area (TPSA) is 48.5 Å². The molecule has 0 fully saturated rings. The van der Waals surface area contributed by atoms with Gasteiger partial charge in [0, 0.05) is 43.8 Å². The highest BCUT2D eigenvalue weighted by Gasteiger charge is 2.36. The van der Waals surface area contributed by atoms with E-state index in [0.29, 0.717) is 17.6 Å². The van der Waals surface area contributed by atoms with E-state index in [2.05, 4.69) is 156 Å². The van der Waals surface area contributed by atoms with Crippen LogP contribution in [0.3, 0.4) is 0 Å². The first-order valence-corrected chi connectivity index (χ1v) is 20.3. The number of para-hydroxylation sites is 3. The standard InChI is InChI=1S/C54H36FN5/c1-54(2)45-30-36(22-25-39(45)40-27-24-37(55)32-46(40)54)52-56-51(33-13-5-3-6-14-33)57-53(58-52)60-48-20-12-9-17-41(48)43-26-21-35(31-50(43)60)34-23-28-49-44(29-34)42-18-10-11-19-47(42)59(49)38-15-7-4-8-16-38/h3-32H,1-2H3. The van der Waals surface area contributed by atoms with E-state index >= 15 is 0 Å². The SMILES string of the molecule is CC1(C)c2cc(F)ccc2-c2ccc(-c3nc(-c4ccccc4)nc(-n4c5ccccc5c5ccc(-c6ccc7c(c6)c6ccccc6n7-c6ccccc6)cc54)n3)cc21. The van der Waals surface area contributed by atoms with Gasteiger partial charge < -0.3 is 4.57 Å². The van der Waals surface area contributed by atoms with Crippen molar-refractivity contribution in [2.24, 2.45) is 0 Å². The van der Waals surface area contributed by atoms with Gasteiger partial charge in [-0.2, -0.15) is 9.97 Å². The molecule has 1 aliphatic carbocycles. The normalized spacial score (nSPS) is 13.1. The molecule has 0 N–H and O–H groups in total. The zero-order chi connectivity index (χ0) is 40.1. The van der Waals surface area contributed by atoms with Crippen LogP contribution in [-0.4, -0.2) is 24.1 Å². The first-order chi connectivity index (χ1) is 29.4. The number of hydrogen-bond donors (Lipinski definition) is 0. The lowest BCUT2D eigenvalue weighted by atomic mass is 9.82. The Morgan fingerprint density at radius 2 is 0.950 bits per heavy atom. The number of hydrogen-bond acceptors (Lipinski definition) is 3. The molecule has 284 valence electrons. The summed E-state index contributed by atoms with van der Waals surface area (Å²) in [5.41, 5.74) is 13.4. The molecule has 11 aromatic rings. The summed E-state index contributed by atoms with van der Waals surface area (Å²) in [7, 11) is 0. The minimum atomic E-state index is -0.399. The molecular formula is C54H36FN5. The van der Waals surface area contributed by atoms with Crippen molar-refractivity contribution in [2.75, 3.05) is 0 Å². The van der Waals surface area contributed by atoms with E-state index in [9.17, 15) is 4.39 Å². The van der Waals surface area contributed by atoms with Crippen LogP contribution in [0.15, 0.2) is 182 Å². The van der Waals surface area contributed by atoms with Crippen molar-refractivity contribution in [3.63, 3.8) is 0 Å². The lowest BCUT2D eigenvalue weighted by Gasteiger charge is -2.22. The number of aromatic nitrogens is 5. The maximum atomic E-state index is 14.5. The number of halogens is 1. The summed E-state index contributed by atoms with van der Waals surface area (Å²) in [5.74, 6) is 1.47. The predicted molar refractivity (Wildman–Crippen MR) is 242 cm³/mol. The Morgan fingerprint density at radius 3 is 1.72 bits per heavy atom. The fraction of sp³-hybridized carbons (Fsp3) is 0.0556. The largest absolute Gasteiger partial charge is 0.309 e. The molecule has 0 atom stereocenters. The molecule has 0 radical (unpaired) electrons. The molecule has 12 rings (SSSR count). The van der Waals surface area contributed by atoms with Crippen LogP contribution >= 0.6 is 0 Å². The van der Waals surface area contributed by atoms with E-state index in [1.807, 2.05) is 36.4 Å². The molecule has 5 nitrogen and oxygen atoms in total. The van der Waals surface area contributed by atoms with E-state index in [1.165, 1.54) is 21.8 Å². The Labute approximate surface area is 345 Å². The van der Waals surface area contributed by atoms with Gasteiger partial charge in [-0.15, -0.1) is 0 Å². The van der Waals surface area contributed by atoms with Crippen LogP contribution < -0.4 is 0 Å². The van der Waals surface area contributed by atoms with E-state index in [4.69, 9.17) is 15.0 Å². The molecule has 0 spiro atoms. The second-order valence-corrected chi connectivity index (χ2v) is 16.2. The summed E-state index contributed by atoms with van der Waals surface area (Å²) in [6, 6.07) is 62.7. The third-order valence-corrected chi connectivity index (χ3v) is 12.4. The Hall–Kier alpha value is -7.70. The molecule has 60 heavy (non-hydrogen) atoms. The summed E-state index contributed by atoms with van der Waals surface area (Å²) in [5, 5.41) is 4.65. The molecule has 3 heterocycles. The van der Waals surface area contributed by atoms with E-state index < -0.39 is 5.41 Å². The number of nitrogens with zero attached hydrogens (tertiary/aromatic N) is 5. The summed E-state index contributed by atoms with van der Waals surface area (Å²) in [6.07, 6.45) is 0. The lowest BCUT2D eigenvalue weighted by molar-refractivity contribution is 0.609. The molecule has 0 aliphatic heterocycles. The van der Waals surface area contributed by atoms with Gasteiger partial charge in [0.05, 0.1) is 22.1 Å². The van der Waals surface area contributed by atoms with E-state index in [-0.39, 0.29) is 5.82 Å². The fourth-order valence-corrected chi connectivity index (χ4v) is 9.53. The van der Waals surface area contributed by atoms with Gasteiger partial charge in [0.25, 0.3) is 0 Å². The minimum absolute atomic E-state index is 0.227. The van der Waals surface area contributed by atoms with E-state index in [1.54, 1.807) is 12.1 Å². The second-order valence-electron chi connectivity index (χ2n) is 16.2. The number of fused-ring (bicyclic) bond motifs is 9. The van der Waals surface area contributed by atoms with Gasteiger partial charge in [0.2, 0.25) is 5.95 Å². The first kappa shape index (κ1) is 34.4. The Balaban J connectivity index is 1.06. The third kappa shape index (κ3) is 5.13. The van der Waals surface area contributed by atoms with Crippen LogP contribution in [-0.2, 0) is 5.41 Å². The molecule has 1 aliphatic rings. The van der Waals surface area contributed by atoms with Crippen LogP contribution in [0.1, 0.15) is 25.0 Å². The zero-order valence-electron chi connectivity index (χ0n) is 32.9. The van der Waals surface area contributed by atoms with Gasteiger partial charge >= 0.3 is 0 Å². The van der Waals surface area contributed by atoms with Crippen molar-refractivity contribution >= 4 is 43.6 Å². The summed E-state index contributed by atoms with van der Waals surface area (Å²) < 4.78 is 19.1. The fourth-order valence-electron chi connectivity index (χ4n) is 9.53. The predicted octanol–water partition coefficient (Wildman–Crippen LogP) is 13.5. The Kier molecular flexibility index (Phi) is 7.39. The maximum Gasteiger partial charge on any atom is 0.238 e. The van der Waals surface area contributed by atoms with Crippen LogP contribution in [0.2, 0.25) is 0 Å². The minimum Gasteiger partial charge on any atom is -0.309 e. The van der Waals surface area contributed by atoms with Crippen molar-refractivity contribution in [1.29, 1.82) is 0 Å². The van der Waals surface area contributed by atoms with Crippen LogP contribution in [0, 0.1) is 5.82 Å². The smallest absolute Gasteiger partial charge is 0.238 e. The van der Waals surface area contributed by atoms with Crippen molar-refractivity contribution in [3.8, 4) is 56.7 Å². The van der Waals surface area contributed by atoms with Crippen LogP contribution in [0.5, 0.6) is 0 Å². The average molecular weight is 774 g/mol. The molecule has 0 amide bonds. The van der Waals surface area contributed by atoms with Gasteiger partial charge in [0.1, 0.15) is 5.82 Å². The zero-order valence-corrected chi connectivity index (χ0v) is 32.9. The third-order valence-electron chi connectivity index (χ3n) is 12.4. The molecule has 6 heteroatoms. The summed E-state index contributed by atoms with van der Waals surface area (Å²) in [4.78, 5) is 15.6. The highest BCUT2D eigenvalue weighted by molar-refractivity contribution is 6.12. The lowest BCUT2D eigenvalue weighted by Crippen LogP contribution is -2.15. The van der Waals surface area contributed by atoms with Gasteiger partial charge in [-0.3, -0.25) is 4.57 Å². The number of benzene rings is 8. The van der Waals surface area contributed by atoms with Gasteiger partial charge in [-0.05, 0) is 94.0 Å². The summed E-state index contributed by atoms with van der Waals surface area (Å²) in [6.45, 7) is 4.31. The van der Waals surface area contributed by atoms with Gasteiger partial charge in [-0.1, -0.05) is 135 Å². The molecule has 8 aromatic carbocycles. The second kappa shape index (κ2) is 12.9. The monoisotopic (exact) mass is 773 g/mol. The molecular weight excluding hydrogens is 738 g/mol. The van der Waals surface area contributed by atoms with Crippen molar-refractivity contribution in [2.45, 2.75) is 19.3 Å². The van der Waals surface area contributed by atoms with Crippen molar-refractivity contribution < 1.29 is 4.39 Å². The highest BCUT2D eigenvalue weighted by atomic mass is 19.1. The molecule has 0 saturated heterocycles.